The number of phosphoric ester groups is 1. The molecule has 10 heteroatoms. The van der Waals surface area contributed by atoms with Crippen molar-refractivity contribution >= 4 is 7.82 Å². The van der Waals surface area contributed by atoms with Crippen LogP contribution in [-0.4, -0.2) is 50.9 Å². The first-order valence-corrected chi connectivity index (χ1v) is 5.64. The smallest absolute Gasteiger partial charge is 0.756 e. The summed E-state index contributed by atoms with van der Waals surface area (Å²) in [4.78, 5) is 18.7. The zero-order valence-corrected chi connectivity index (χ0v) is 11.7. The second-order valence-electron chi connectivity index (χ2n) is 3.26. The molecule has 0 aromatic carbocycles. The van der Waals surface area contributed by atoms with Crippen LogP contribution < -0.4 is 34.5 Å². The van der Waals surface area contributed by atoms with E-state index in [9.17, 15) is 24.8 Å². The summed E-state index contributed by atoms with van der Waals surface area (Å²) in [5, 5.41) is 27.7. The zero-order chi connectivity index (χ0) is 11.8. The van der Waals surface area contributed by atoms with E-state index in [2.05, 4.69) is 4.52 Å². The molecule has 0 amide bonds. The zero-order valence-electron chi connectivity index (χ0n) is 8.76. The normalized spacial score (nSPS) is 43.2. The molecule has 1 aliphatic heterocycles. The Kier molecular flexibility index (Phi) is 6.58. The van der Waals surface area contributed by atoms with Gasteiger partial charge in [0, 0.05) is 0 Å². The molecule has 16 heavy (non-hydrogen) atoms. The van der Waals surface area contributed by atoms with E-state index in [0.717, 1.165) is 0 Å². The summed E-state index contributed by atoms with van der Waals surface area (Å²) < 4.78 is 19.1. The van der Waals surface area contributed by atoms with Gasteiger partial charge in [0.1, 0.15) is 18.3 Å². The van der Waals surface area contributed by atoms with Crippen LogP contribution in [0.5, 0.6) is 0 Å². The van der Waals surface area contributed by atoms with E-state index in [4.69, 9.17) is 9.63 Å². The van der Waals surface area contributed by atoms with Gasteiger partial charge in [-0.15, -0.1) is 0 Å². The minimum Gasteiger partial charge on any atom is -0.756 e. The van der Waals surface area contributed by atoms with Crippen molar-refractivity contribution < 1.29 is 68.5 Å². The Morgan fingerprint density at radius 2 is 1.75 bits per heavy atom. The average Bonchev–Trinajstić information content (AvgIpc) is 2.08. The summed E-state index contributed by atoms with van der Waals surface area (Å²) in [7, 11) is -5.07. The van der Waals surface area contributed by atoms with Gasteiger partial charge in [-0.1, -0.05) is 0 Å². The van der Waals surface area contributed by atoms with Crippen molar-refractivity contribution in [2.45, 2.75) is 37.6 Å². The van der Waals surface area contributed by atoms with E-state index < -0.39 is 38.5 Å². The molecule has 1 aliphatic rings. The van der Waals surface area contributed by atoms with E-state index in [1.807, 2.05) is 0 Å². The summed E-state index contributed by atoms with van der Waals surface area (Å²) in [5.74, 6) is 0. The Balaban J connectivity index is 0.00000225. The maximum Gasteiger partial charge on any atom is 1.00 e. The number of phosphoric acid groups is 1. The molecule has 0 spiro atoms. The summed E-state index contributed by atoms with van der Waals surface area (Å²) >= 11 is 0. The molecule has 1 fully saturated rings. The van der Waals surface area contributed by atoms with E-state index in [0.29, 0.717) is 0 Å². The van der Waals surface area contributed by atoms with Crippen LogP contribution in [0.2, 0.25) is 0 Å². The van der Waals surface area contributed by atoms with Crippen molar-refractivity contribution in [3.63, 3.8) is 0 Å². The monoisotopic (exact) mass is 266 g/mol. The fourth-order valence-corrected chi connectivity index (χ4v) is 1.67. The molecular formula is C6H12NaO8P. The van der Waals surface area contributed by atoms with Crippen LogP contribution in [0.25, 0.3) is 0 Å². The van der Waals surface area contributed by atoms with Gasteiger partial charge in [0.25, 0.3) is 7.82 Å². The van der Waals surface area contributed by atoms with Gasteiger partial charge in [-0.25, -0.2) is 0 Å². The molecule has 0 aliphatic carbocycles. The molecule has 8 nitrogen and oxygen atoms in total. The van der Waals surface area contributed by atoms with E-state index in [1.165, 1.54) is 6.92 Å². The maximum atomic E-state index is 10.4. The number of rotatable bonds is 2. The van der Waals surface area contributed by atoms with Gasteiger partial charge in [0.05, 0.1) is 6.10 Å². The molecule has 1 rings (SSSR count). The Morgan fingerprint density at radius 3 is 2.19 bits per heavy atom. The summed E-state index contributed by atoms with van der Waals surface area (Å²) in [6.07, 6.45) is -7.38. The van der Waals surface area contributed by atoms with Crippen LogP contribution in [0.1, 0.15) is 6.92 Å². The predicted molar refractivity (Wildman–Crippen MR) is 43.3 cm³/mol. The Morgan fingerprint density at radius 1 is 1.25 bits per heavy atom. The Hall–Kier alpha value is 0.950. The van der Waals surface area contributed by atoms with Gasteiger partial charge in [0.15, 0.2) is 6.29 Å². The van der Waals surface area contributed by atoms with Gasteiger partial charge in [-0.2, -0.15) is 0 Å². The molecule has 0 saturated carbocycles. The quantitative estimate of drug-likeness (QED) is 0.286. The Labute approximate surface area is 114 Å². The topological polar surface area (TPSA) is 140 Å². The number of hydrogen-bond donors (Lipinski definition) is 4. The fraction of sp³-hybridized carbons (Fsp3) is 1.00. The summed E-state index contributed by atoms with van der Waals surface area (Å²) in [6, 6.07) is 0. The van der Waals surface area contributed by atoms with Crippen LogP contribution >= 0.6 is 7.82 Å². The largest absolute Gasteiger partial charge is 1.00 e. The van der Waals surface area contributed by atoms with Crippen LogP contribution in [0.15, 0.2) is 0 Å². The van der Waals surface area contributed by atoms with Crippen molar-refractivity contribution in [3.05, 3.63) is 0 Å². The molecule has 0 aromatic heterocycles. The third-order valence-electron chi connectivity index (χ3n) is 2.05. The number of ether oxygens (including phenoxy) is 1. The van der Waals surface area contributed by atoms with Crippen LogP contribution in [0, 0.1) is 0 Å². The van der Waals surface area contributed by atoms with Crippen molar-refractivity contribution in [3.8, 4) is 0 Å². The predicted octanol–water partition coefficient (Wildman–Crippen LogP) is -5.70. The fourth-order valence-electron chi connectivity index (χ4n) is 1.23. The van der Waals surface area contributed by atoms with Crippen LogP contribution in [-0.2, 0) is 13.8 Å². The van der Waals surface area contributed by atoms with E-state index in [-0.39, 0.29) is 29.6 Å². The van der Waals surface area contributed by atoms with E-state index in [1.54, 1.807) is 0 Å². The first-order valence-electron chi connectivity index (χ1n) is 4.14. The van der Waals surface area contributed by atoms with Crippen molar-refractivity contribution in [2.24, 2.45) is 0 Å². The van der Waals surface area contributed by atoms with Gasteiger partial charge < -0.3 is 29.8 Å². The first kappa shape index (κ1) is 16.9. The average molecular weight is 266 g/mol. The molecular weight excluding hydrogens is 254 g/mol. The molecule has 0 bridgehead atoms. The minimum absolute atomic E-state index is 0. The second kappa shape index (κ2) is 6.21. The molecule has 0 aromatic rings. The van der Waals surface area contributed by atoms with Crippen LogP contribution in [0.4, 0.5) is 0 Å². The first-order chi connectivity index (χ1) is 6.72. The number of aliphatic hydroxyl groups excluding tert-OH is 3. The second-order valence-corrected chi connectivity index (χ2v) is 4.40. The molecule has 0 radical (unpaired) electrons. The van der Waals surface area contributed by atoms with E-state index >= 15 is 0 Å². The summed E-state index contributed by atoms with van der Waals surface area (Å²) in [5.41, 5.74) is 0. The van der Waals surface area contributed by atoms with Gasteiger partial charge in [-0.3, -0.25) is 9.09 Å². The SMILES string of the molecule is C[C@@H]1O[C@@H](OP(=O)([O-])O)[C@H](O)[C@@H](O)[C@H]1O.[Na+]. The maximum absolute atomic E-state index is 10.4. The molecule has 1 unspecified atom stereocenters. The molecule has 1 heterocycles. The van der Waals surface area contributed by atoms with Gasteiger partial charge in [-0.05, 0) is 6.92 Å². The molecule has 1 saturated heterocycles. The number of aliphatic hydroxyl groups is 3. The molecule has 6 atom stereocenters. The van der Waals surface area contributed by atoms with Gasteiger partial charge >= 0.3 is 29.6 Å². The van der Waals surface area contributed by atoms with Crippen LogP contribution in [0.3, 0.4) is 0 Å². The van der Waals surface area contributed by atoms with Gasteiger partial charge in [0.2, 0.25) is 0 Å². The Bertz CT molecular complexity index is 269. The molecule has 90 valence electrons. The summed E-state index contributed by atoms with van der Waals surface area (Å²) in [6.45, 7) is 1.35. The standard InChI is InChI=1S/C6H13O8P.Na/c1-2-3(7)4(8)5(9)6(13-2)14-15(10,11)12;/h2-9H,1H3,(H2,10,11,12);/q;+1/p-1/t2-,3-,4-,5+,6-;/m0./s1. The van der Waals surface area contributed by atoms with Crippen molar-refractivity contribution in [1.82, 2.24) is 0 Å². The third kappa shape index (κ3) is 4.32. The molecule has 4 N–H and O–H groups in total. The van der Waals surface area contributed by atoms with Crippen molar-refractivity contribution in [2.75, 3.05) is 0 Å². The number of hydrogen-bond acceptors (Lipinski definition) is 7. The van der Waals surface area contributed by atoms with Crippen molar-refractivity contribution in [1.29, 1.82) is 0 Å². The minimum atomic E-state index is -5.07. The third-order valence-corrected chi connectivity index (χ3v) is 2.52.